The van der Waals surface area contributed by atoms with E-state index in [4.69, 9.17) is 9.15 Å². The first-order valence-electron chi connectivity index (χ1n) is 7.32. The van der Waals surface area contributed by atoms with Crippen molar-refractivity contribution in [2.75, 3.05) is 0 Å². The van der Waals surface area contributed by atoms with Gasteiger partial charge >= 0.3 is 0 Å². The van der Waals surface area contributed by atoms with Gasteiger partial charge in [-0.1, -0.05) is 0 Å². The highest BCUT2D eigenvalue weighted by molar-refractivity contribution is 5.29. The second kappa shape index (κ2) is 5.90. The second-order valence-electron chi connectivity index (χ2n) is 5.65. The standard InChI is InChI=1S/C17H20FNO2/c1-11-7-15(5-6-17(11)18)20-10-16-8-13(12(2)21-16)9-19-14-3-4-14/h5-8,14,19H,3-4,9-10H2,1-2H3. The lowest BCUT2D eigenvalue weighted by atomic mass is 10.2. The average Bonchev–Trinajstić information content (AvgIpc) is 3.22. The quantitative estimate of drug-likeness (QED) is 0.876. The van der Waals surface area contributed by atoms with E-state index in [1.807, 2.05) is 13.0 Å². The summed E-state index contributed by atoms with van der Waals surface area (Å²) in [6.07, 6.45) is 2.55. The monoisotopic (exact) mass is 289 g/mol. The Bertz CT molecular complexity index is 632. The van der Waals surface area contributed by atoms with Gasteiger partial charge in [0.15, 0.2) is 0 Å². The zero-order valence-corrected chi connectivity index (χ0v) is 12.4. The Morgan fingerprint density at radius 1 is 1.29 bits per heavy atom. The Hall–Kier alpha value is -1.81. The molecule has 0 aliphatic heterocycles. The van der Waals surface area contributed by atoms with Crippen molar-refractivity contribution < 1.29 is 13.5 Å². The van der Waals surface area contributed by atoms with Gasteiger partial charge in [-0.25, -0.2) is 4.39 Å². The Kier molecular flexibility index (Phi) is 3.97. The van der Waals surface area contributed by atoms with Crippen molar-refractivity contribution in [2.24, 2.45) is 0 Å². The van der Waals surface area contributed by atoms with E-state index in [-0.39, 0.29) is 5.82 Å². The molecule has 0 amide bonds. The smallest absolute Gasteiger partial charge is 0.146 e. The SMILES string of the molecule is Cc1cc(OCc2cc(CNC3CC3)c(C)o2)ccc1F. The fraction of sp³-hybridized carbons (Fsp3) is 0.412. The van der Waals surface area contributed by atoms with Crippen LogP contribution in [0.4, 0.5) is 4.39 Å². The summed E-state index contributed by atoms with van der Waals surface area (Å²) in [4.78, 5) is 0. The average molecular weight is 289 g/mol. The summed E-state index contributed by atoms with van der Waals surface area (Å²) >= 11 is 0. The topological polar surface area (TPSA) is 34.4 Å². The first-order valence-corrected chi connectivity index (χ1v) is 7.32. The van der Waals surface area contributed by atoms with Crippen LogP contribution in [0.5, 0.6) is 5.75 Å². The van der Waals surface area contributed by atoms with Crippen molar-refractivity contribution in [2.45, 2.75) is 45.9 Å². The summed E-state index contributed by atoms with van der Waals surface area (Å²) in [6, 6.07) is 7.46. The molecule has 1 fully saturated rings. The Morgan fingerprint density at radius 3 is 2.81 bits per heavy atom. The molecule has 0 bridgehead atoms. The fourth-order valence-corrected chi connectivity index (χ4v) is 2.24. The van der Waals surface area contributed by atoms with Crippen LogP contribution in [0, 0.1) is 19.7 Å². The third kappa shape index (κ3) is 3.64. The molecule has 2 aromatic rings. The highest BCUT2D eigenvalue weighted by atomic mass is 19.1. The fourth-order valence-electron chi connectivity index (χ4n) is 2.24. The molecule has 0 radical (unpaired) electrons. The molecule has 1 aliphatic rings. The maximum absolute atomic E-state index is 13.2. The third-order valence-electron chi connectivity index (χ3n) is 3.74. The molecule has 4 heteroatoms. The largest absolute Gasteiger partial charge is 0.486 e. The summed E-state index contributed by atoms with van der Waals surface area (Å²) in [5.41, 5.74) is 1.76. The number of halogens is 1. The molecule has 1 heterocycles. The lowest BCUT2D eigenvalue weighted by Crippen LogP contribution is -2.15. The Balaban J connectivity index is 1.59. The van der Waals surface area contributed by atoms with E-state index in [0.717, 1.165) is 18.1 Å². The molecule has 21 heavy (non-hydrogen) atoms. The molecule has 0 atom stereocenters. The lowest BCUT2D eigenvalue weighted by Gasteiger charge is -2.05. The molecule has 3 nitrogen and oxygen atoms in total. The zero-order chi connectivity index (χ0) is 14.8. The first-order chi connectivity index (χ1) is 10.1. The maximum atomic E-state index is 13.2. The second-order valence-corrected chi connectivity index (χ2v) is 5.65. The highest BCUT2D eigenvalue weighted by Crippen LogP contribution is 2.22. The molecular formula is C17H20FNO2. The maximum Gasteiger partial charge on any atom is 0.146 e. The number of aryl methyl sites for hydroxylation is 2. The van der Waals surface area contributed by atoms with Gasteiger partial charge in [0.05, 0.1) is 0 Å². The number of ether oxygens (including phenoxy) is 1. The van der Waals surface area contributed by atoms with E-state index in [1.54, 1.807) is 19.1 Å². The normalized spacial score (nSPS) is 14.4. The minimum absolute atomic E-state index is 0.218. The molecule has 1 aromatic heterocycles. The first kappa shape index (κ1) is 14.1. The van der Waals surface area contributed by atoms with Crippen molar-refractivity contribution in [3.8, 4) is 5.75 Å². The number of nitrogens with one attached hydrogen (secondary N) is 1. The molecular weight excluding hydrogens is 269 g/mol. The summed E-state index contributed by atoms with van der Waals surface area (Å²) in [6.45, 7) is 4.89. The number of rotatable bonds is 6. The van der Waals surface area contributed by atoms with E-state index in [2.05, 4.69) is 5.32 Å². The van der Waals surface area contributed by atoms with Crippen LogP contribution in [0.25, 0.3) is 0 Å². The third-order valence-corrected chi connectivity index (χ3v) is 3.74. The minimum atomic E-state index is -0.218. The summed E-state index contributed by atoms with van der Waals surface area (Å²) in [5, 5.41) is 3.47. The number of furan rings is 1. The molecule has 1 aliphatic carbocycles. The van der Waals surface area contributed by atoms with Gasteiger partial charge in [0.25, 0.3) is 0 Å². The molecule has 112 valence electrons. The van der Waals surface area contributed by atoms with Gasteiger partial charge in [0.1, 0.15) is 29.7 Å². The van der Waals surface area contributed by atoms with Gasteiger partial charge in [-0.05, 0) is 56.5 Å². The van der Waals surface area contributed by atoms with Crippen LogP contribution in [0.2, 0.25) is 0 Å². The Morgan fingerprint density at radius 2 is 2.10 bits per heavy atom. The van der Waals surface area contributed by atoms with Gasteiger partial charge in [-0.15, -0.1) is 0 Å². The molecule has 0 spiro atoms. The zero-order valence-electron chi connectivity index (χ0n) is 12.4. The molecule has 1 saturated carbocycles. The van der Waals surface area contributed by atoms with Crippen LogP contribution in [-0.4, -0.2) is 6.04 Å². The van der Waals surface area contributed by atoms with Gasteiger partial charge in [-0.3, -0.25) is 0 Å². The van der Waals surface area contributed by atoms with Crippen molar-refractivity contribution in [1.82, 2.24) is 5.32 Å². The summed E-state index contributed by atoms with van der Waals surface area (Å²) in [7, 11) is 0. The highest BCUT2D eigenvalue weighted by Gasteiger charge is 2.21. The predicted molar refractivity (Wildman–Crippen MR) is 78.8 cm³/mol. The van der Waals surface area contributed by atoms with Gasteiger partial charge in [0.2, 0.25) is 0 Å². The van der Waals surface area contributed by atoms with Crippen LogP contribution in [0.3, 0.4) is 0 Å². The molecule has 3 rings (SSSR count). The van der Waals surface area contributed by atoms with Crippen molar-refractivity contribution >= 4 is 0 Å². The van der Waals surface area contributed by atoms with E-state index < -0.39 is 0 Å². The van der Waals surface area contributed by atoms with Crippen LogP contribution in [0.1, 0.15) is 35.5 Å². The number of hydrogen-bond donors (Lipinski definition) is 1. The van der Waals surface area contributed by atoms with Gasteiger partial charge < -0.3 is 14.5 Å². The summed E-state index contributed by atoms with van der Waals surface area (Å²) < 4.78 is 24.5. The van der Waals surface area contributed by atoms with Gasteiger partial charge in [0, 0.05) is 18.2 Å². The van der Waals surface area contributed by atoms with E-state index in [1.165, 1.54) is 24.5 Å². The van der Waals surface area contributed by atoms with E-state index in [0.29, 0.717) is 24.0 Å². The van der Waals surface area contributed by atoms with Crippen LogP contribution in [-0.2, 0) is 13.2 Å². The molecule has 1 aromatic carbocycles. The molecule has 1 N–H and O–H groups in total. The molecule has 0 unspecified atom stereocenters. The number of hydrogen-bond acceptors (Lipinski definition) is 3. The lowest BCUT2D eigenvalue weighted by molar-refractivity contribution is 0.267. The van der Waals surface area contributed by atoms with Crippen molar-refractivity contribution in [1.29, 1.82) is 0 Å². The Labute approximate surface area is 124 Å². The van der Waals surface area contributed by atoms with Crippen LogP contribution < -0.4 is 10.1 Å². The van der Waals surface area contributed by atoms with Crippen LogP contribution >= 0.6 is 0 Å². The molecule has 0 saturated heterocycles. The predicted octanol–water partition coefficient (Wildman–Crippen LogP) is 3.87. The van der Waals surface area contributed by atoms with Crippen molar-refractivity contribution in [3.63, 3.8) is 0 Å². The van der Waals surface area contributed by atoms with Crippen LogP contribution in [0.15, 0.2) is 28.7 Å². The van der Waals surface area contributed by atoms with Crippen molar-refractivity contribution in [3.05, 3.63) is 52.7 Å². The van der Waals surface area contributed by atoms with Gasteiger partial charge in [-0.2, -0.15) is 0 Å². The van der Waals surface area contributed by atoms with E-state index >= 15 is 0 Å². The number of benzene rings is 1. The van der Waals surface area contributed by atoms with E-state index in [9.17, 15) is 4.39 Å². The summed E-state index contributed by atoms with van der Waals surface area (Å²) in [5.74, 6) is 2.16. The minimum Gasteiger partial charge on any atom is -0.486 e.